The number of amides is 1. The van der Waals surface area contributed by atoms with E-state index in [4.69, 9.17) is 0 Å². The van der Waals surface area contributed by atoms with Crippen LogP contribution in [0, 0.1) is 0 Å². The van der Waals surface area contributed by atoms with Crippen molar-refractivity contribution in [2.45, 2.75) is 11.7 Å². The summed E-state index contributed by atoms with van der Waals surface area (Å²) in [6.07, 6.45) is 1.80. The van der Waals surface area contributed by atoms with E-state index in [-0.39, 0.29) is 11.7 Å². The maximum atomic E-state index is 12.5. The summed E-state index contributed by atoms with van der Waals surface area (Å²) in [6.45, 7) is 4.39. The van der Waals surface area contributed by atoms with Gasteiger partial charge in [-0.15, -0.1) is 16.8 Å². The Balaban J connectivity index is 1.46. The Morgan fingerprint density at radius 2 is 1.83 bits per heavy atom. The Morgan fingerprint density at radius 1 is 1.07 bits per heavy atom. The number of fused-ring (bicyclic) bond motifs is 1. The molecule has 4 aromatic rings. The van der Waals surface area contributed by atoms with Crippen LogP contribution in [0.15, 0.2) is 89.0 Å². The van der Waals surface area contributed by atoms with Crippen molar-refractivity contribution in [3.05, 3.63) is 83.9 Å². The first-order valence-corrected chi connectivity index (χ1v) is 11.1. The summed E-state index contributed by atoms with van der Waals surface area (Å²) in [7, 11) is 0. The molecule has 0 fully saturated rings. The zero-order chi connectivity index (χ0) is 20.9. The van der Waals surface area contributed by atoms with Crippen LogP contribution in [0.3, 0.4) is 0 Å². The van der Waals surface area contributed by atoms with Crippen molar-refractivity contribution >= 4 is 50.1 Å². The molecule has 0 saturated heterocycles. The van der Waals surface area contributed by atoms with E-state index in [1.165, 1.54) is 11.8 Å². The number of hydrogen-bond donors (Lipinski definition) is 1. The number of benzene rings is 3. The number of halogens is 1. The minimum absolute atomic E-state index is 0.0892. The lowest BCUT2D eigenvalue weighted by atomic mass is 10.1. The molecule has 0 unspecified atom stereocenters. The van der Waals surface area contributed by atoms with Gasteiger partial charge in [0.2, 0.25) is 5.91 Å². The van der Waals surface area contributed by atoms with Gasteiger partial charge in [0, 0.05) is 22.3 Å². The molecule has 0 aliphatic rings. The number of aromatic nitrogens is 3. The van der Waals surface area contributed by atoms with Gasteiger partial charge in [0.15, 0.2) is 11.0 Å². The molecule has 1 heterocycles. The van der Waals surface area contributed by atoms with Gasteiger partial charge in [-0.05, 0) is 35.0 Å². The lowest BCUT2D eigenvalue weighted by Crippen LogP contribution is -2.14. The number of thioether (sulfide) groups is 1. The number of rotatable bonds is 7. The molecule has 0 aliphatic carbocycles. The Kier molecular flexibility index (Phi) is 6.30. The highest BCUT2D eigenvalue weighted by molar-refractivity contribution is 9.10. The molecule has 0 atom stereocenters. The normalized spacial score (nSPS) is 10.8. The Morgan fingerprint density at radius 3 is 2.60 bits per heavy atom. The Hall–Kier alpha value is -2.90. The second kappa shape index (κ2) is 9.28. The van der Waals surface area contributed by atoms with Crippen LogP contribution >= 0.6 is 27.7 Å². The number of hydrogen-bond acceptors (Lipinski definition) is 4. The third-order valence-corrected chi connectivity index (χ3v) is 5.99. The van der Waals surface area contributed by atoms with Crippen LogP contribution in [0.4, 0.5) is 5.69 Å². The SMILES string of the molecule is C=CCn1c(SCC(=O)Nc2ccc3ccccc3c2)nnc1-c1ccc(Br)cc1. The smallest absolute Gasteiger partial charge is 0.234 e. The van der Waals surface area contributed by atoms with Gasteiger partial charge in [0.05, 0.1) is 5.75 Å². The highest BCUT2D eigenvalue weighted by atomic mass is 79.9. The fraction of sp³-hybridized carbons (Fsp3) is 0.0870. The van der Waals surface area contributed by atoms with Gasteiger partial charge < -0.3 is 5.32 Å². The highest BCUT2D eigenvalue weighted by Gasteiger charge is 2.15. The van der Waals surface area contributed by atoms with Gasteiger partial charge in [-0.1, -0.05) is 76.2 Å². The number of nitrogens with zero attached hydrogens (tertiary/aromatic N) is 3. The Labute approximate surface area is 187 Å². The fourth-order valence-corrected chi connectivity index (χ4v) is 4.11. The number of nitrogens with one attached hydrogen (secondary N) is 1. The van der Waals surface area contributed by atoms with Gasteiger partial charge >= 0.3 is 0 Å². The molecule has 1 aromatic heterocycles. The first kappa shape index (κ1) is 20.4. The average Bonchev–Trinajstić information content (AvgIpc) is 3.15. The molecule has 0 aliphatic heterocycles. The summed E-state index contributed by atoms with van der Waals surface area (Å²) in [5, 5.41) is 14.5. The lowest BCUT2D eigenvalue weighted by Gasteiger charge is -2.09. The summed E-state index contributed by atoms with van der Waals surface area (Å²) >= 11 is 4.80. The van der Waals surface area contributed by atoms with Crippen LogP contribution in [0.5, 0.6) is 0 Å². The largest absolute Gasteiger partial charge is 0.325 e. The van der Waals surface area contributed by atoms with Crippen LogP contribution in [0.25, 0.3) is 22.2 Å². The lowest BCUT2D eigenvalue weighted by molar-refractivity contribution is -0.113. The average molecular weight is 479 g/mol. The quantitative estimate of drug-likeness (QED) is 0.270. The van der Waals surface area contributed by atoms with Crippen LogP contribution < -0.4 is 5.32 Å². The van der Waals surface area contributed by atoms with Gasteiger partial charge in [-0.3, -0.25) is 9.36 Å². The molecular formula is C23H19BrN4OS. The maximum Gasteiger partial charge on any atom is 0.234 e. The summed E-state index contributed by atoms with van der Waals surface area (Å²) in [4.78, 5) is 12.5. The second-order valence-corrected chi connectivity index (χ2v) is 8.47. The van der Waals surface area contributed by atoms with Crippen molar-refractivity contribution in [3.63, 3.8) is 0 Å². The monoisotopic (exact) mass is 478 g/mol. The van der Waals surface area contributed by atoms with Crippen LogP contribution in [0.2, 0.25) is 0 Å². The molecule has 7 heteroatoms. The number of allylic oxidation sites excluding steroid dienone is 1. The number of carbonyl (C=O) groups excluding carboxylic acids is 1. The molecule has 1 amide bonds. The minimum atomic E-state index is -0.0892. The van der Waals surface area contributed by atoms with E-state index in [2.05, 4.69) is 38.0 Å². The van der Waals surface area contributed by atoms with Crippen molar-refractivity contribution in [1.82, 2.24) is 14.8 Å². The molecule has 3 aromatic carbocycles. The van der Waals surface area contributed by atoms with E-state index in [1.807, 2.05) is 71.3 Å². The summed E-state index contributed by atoms with van der Waals surface area (Å²) in [6, 6.07) is 21.8. The fourth-order valence-electron chi connectivity index (χ4n) is 3.10. The summed E-state index contributed by atoms with van der Waals surface area (Å²) in [5.41, 5.74) is 1.74. The van der Waals surface area contributed by atoms with Gasteiger partial charge in [0.1, 0.15) is 0 Å². The predicted octanol–water partition coefficient (Wildman–Crippen LogP) is 5.78. The van der Waals surface area contributed by atoms with E-state index in [1.54, 1.807) is 6.08 Å². The van der Waals surface area contributed by atoms with Crippen LogP contribution in [-0.2, 0) is 11.3 Å². The van der Waals surface area contributed by atoms with Crippen molar-refractivity contribution in [2.75, 3.05) is 11.1 Å². The van der Waals surface area contributed by atoms with Crippen molar-refractivity contribution in [1.29, 1.82) is 0 Å². The minimum Gasteiger partial charge on any atom is -0.325 e. The molecule has 4 rings (SSSR count). The summed E-state index contributed by atoms with van der Waals surface area (Å²) in [5.74, 6) is 0.899. The third-order valence-electron chi connectivity index (χ3n) is 4.50. The molecule has 0 spiro atoms. The molecule has 0 bridgehead atoms. The van der Waals surface area contributed by atoms with E-state index >= 15 is 0 Å². The molecule has 0 saturated carbocycles. The van der Waals surface area contributed by atoms with Crippen molar-refractivity contribution in [3.8, 4) is 11.4 Å². The van der Waals surface area contributed by atoms with E-state index in [9.17, 15) is 4.79 Å². The van der Waals surface area contributed by atoms with Gasteiger partial charge in [-0.2, -0.15) is 0 Å². The van der Waals surface area contributed by atoms with Gasteiger partial charge in [-0.25, -0.2) is 0 Å². The van der Waals surface area contributed by atoms with Crippen LogP contribution in [-0.4, -0.2) is 26.4 Å². The predicted molar refractivity (Wildman–Crippen MR) is 127 cm³/mol. The zero-order valence-corrected chi connectivity index (χ0v) is 18.5. The summed E-state index contributed by atoms with van der Waals surface area (Å²) < 4.78 is 2.96. The molecule has 0 radical (unpaired) electrons. The third kappa shape index (κ3) is 4.63. The van der Waals surface area contributed by atoms with Crippen LogP contribution in [0.1, 0.15) is 0 Å². The molecular weight excluding hydrogens is 460 g/mol. The first-order valence-electron chi connectivity index (χ1n) is 9.35. The maximum absolute atomic E-state index is 12.5. The molecule has 30 heavy (non-hydrogen) atoms. The van der Waals surface area contributed by atoms with E-state index in [0.717, 1.165) is 32.3 Å². The van der Waals surface area contributed by atoms with Crippen molar-refractivity contribution in [2.24, 2.45) is 0 Å². The first-order chi connectivity index (χ1) is 14.6. The standard InChI is InChI=1S/C23H19BrN4OS/c1-2-13-28-22(17-7-10-19(24)11-8-17)26-27-23(28)30-15-21(29)25-20-12-9-16-5-3-4-6-18(16)14-20/h2-12,14H,1,13,15H2,(H,25,29). The van der Waals surface area contributed by atoms with Gasteiger partial charge in [0.25, 0.3) is 0 Å². The topological polar surface area (TPSA) is 59.8 Å². The molecule has 5 nitrogen and oxygen atoms in total. The Bertz CT molecular complexity index is 1200. The highest BCUT2D eigenvalue weighted by Crippen LogP contribution is 2.26. The second-order valence-electron chi connectivity index (χ2n) is 6.61. The van der Waals surface area contributed by atoms with E-state index < -0.39 is 0 Å². The zero-order valence-electron chi connectivity index (χ0n) is 16.1. The van der Waals surface area contributed by atoms with E-state index in [0.29, 0.717) is 11.7 Å². The van der Waals surface area contributed by atoms with Crippen molar-refractivity contribution < 1.29 is 4.79 Å². The number of anilines is 1. The molecule has 1 N–H and O–H groups in total. The number of carbonyl (C=O) groups is 1. The molecule has 150 valence electrons.